The van der Waals surface area contributed by atoms with Crippen molar-refractivity contribution in [3.8, 4) is 55.8 Å². The van der Waals surface area contributed by atoms with Gasteiger partial charge in [-0.1, -0.05) is 105 Å². The lowest BCUT2D eigenvalue weighted by Crippen LogP contribution is -2.33. The zero-order valence-corrected chi connectivity index (χ0v) is 24.6. The standard InChI is InChI=1S/C40H36N/c1-25(2)22-28-24-38(41(5)37-21-13-12-14-29(28)37)39-27(4)26(3)23-36-34-19-9-8-17-32(34)30-15-6-7-16-31(30)33-18-10-11-20-35(33)40(36)39/h6-21,23-25H,22H2,1-5H3/q+1. The Bertz CT molecular complexity index is 1970. The van der Waals surface area contributed by atoms with Gasteiger partial charge in [-0.15, -0.1) is 0 Å². The SMILES string of the molecule is Cc1cc2c(c(-c3cc(CC(C)C)c4ccccc4[n+]3C)c1C)-c1ccccc1-c1ccccc1-c1ccccc1-2. The van der Waals surface area contributed by atoms with Crippen LogP contribution in [0.3, 0.4) is 0 Å². The highest BCUT2D eigenvalue weighted by atomic mass is 14.9. The number of hydrogen-bond acceptors (Lipinski definition) is 0. The number of nitrogens with zero attached hydrogens (tertiary/aromatic N) is 1. The quantitative estimate of drug-likeness (QED) is 0.200. The molecule has 0 atom stereocenters. The number of hydrogen-bond donors (Lipinski definition) is 0. The van der Waals surface area contributed by atoms with Crippen molar-refractivity contribution >= 4 is 10.9 Å². The van der Waals surface area contributed by atoms with Gasteiger partial charge in [0.1, 0.15) is 7.05 Å². The average Bonchev–Trinajstić information content (AvgIpc) is 2.99. The monoisotopic (exact) mass is 530 g/mol. The summed E-state index contributed by atoms with van der Waals surface area (Å²) >= 11 is 0. The van der Waals surface area contributed by atoms with Gasteiger partial charge in [0.05, 0.1) is 5.56 Å². The Hall–Kier alpha value is -4.49. The first-order valence-electron chi connectivity index (χ1n) is 14.8. The van der Waals surface area contributed by atoms with Crippen molar-refractivity contribution < 1.29 is 4.57 Å². The molecule has 1 aliphatic rings. The van der Waals surface area contributed by atoms with Gasteiger partial charge in [0.15, 0.2) is 0 Å². The molecule has 7 rings (SSSR count). The summed E-state index contributed by atoms with van der Waals surface area (Å²) in [5, 5.41) is 1.35. The molecule has 0 aliphatic heterocycles. The van der Waals surface area contributed by atoms with Crippen molar-refractivity contribution in [1.82, 2.24) is 0 Å². The van der Waals surface area contributed by atoms with Gasteiger partial charge in [-0.2, -0.15) is 4.57 Å². The van der Waals surface area contributed by atoms with Crippen LogP contribution in [0, 0.1) is 19.8 Å². The molecular weight excluding hydrogens is 494 g/mol. The van der Waals surface area contributed by atoms with E-state index in [1.165, 1.54) is 83.4 Å². The molecule has 0 bridgehead atoms. The van der Waals surface area contributed by atoms with Gasteiger partial charge in [0, 0.05) is 23.1 Å². The highest BCUT2D eigenvalue weighted by Gasteiger charge is 2.29. The highest BCUT2D eigenvalue weighted by molar-refractivity contribution is 6.07. The number of fused-ring (bicyclic) bond motifs is 9. The third kappa shape index (κ3) is 4.03. The van der Waals surface area contributed by atoms with Crippen LogP contribution in [0.15, 0.2) is 109 Å². The van der Waals surface area contributed by atoms with E-state index in [1.807, 2.05) is 0 Å². The van der Waals surface area contributed by atoms with Gasteiger partial charge in [-0.05, 0) is 87.9 Å². The van der Waals surface area contributed by atoms with Gasteiger partial charge < -0.3 is 0 Å². The molecule has 0 fully saturated rings. The first kappa shape index (κ1) is 25.5. The minimum absolute atomic E-state index is 0.572. The van der Waals surface area contributed by atoms with Gasteiger partial charge in [0.25, 0.3) is 0 Å². The summed E-state index contributed by atoms with van der Waals surface area (Å²) < 4.78 is 2.42. The van der Waals surface area contributed by atoms with Crippen LogP contribution >= 0.6 is 0 Å². The molecular formula is C40H36N+. The highest BCUT2D eigenvalue weighted by Crippen LogP contribution is 2.51. The molecule has 0 saturated carbocycles. The minimum Gasteiger partial charge on any atom is -0.194 e. The lowest BCUT2D eigenvalue weighted by molar-refractivity contribution is -0.633. The van der Waals surface area contributed by atoms with E-state index >= 15 is 0 Å². The predicted octanol–water partition coefficient (Wildman–Crippen LogP) is 10.1. The molecule has 6 aromatic rings. The summed E-state index contributed by atoms with van der Waals surface area (Å²) in [5.74, 6) is 0.572. The predicted molar refractivity (Wildman–Crippen MR) is 174 cm³/mol. The minimum atomic E-state index is 0.572. The first-order valence-corrected chi connectivity index (χ1v) is 14.8. The average molecular weight is 531 g/mol. The summed E-state index contributed by atoms with van der Waals surface area (Å²) in [5.41, 5.74) is 18.3. The van der Waals surface area contributed by atoms with Gasteiger partial charge in [-0.25, -0.2) is 0 Å². The summed E-state index contributed by atoms with van der Waals surface area (Å²) in [6.45, 7) is 9.22. The summed E-state index contributed by atoms with van der Waals surface area (Å²) in [6, 6.07) is 40.7. The largest absolute Gasteiger partial charge is 0.213 e. The van der Waals surface area contributed by atoms with Crippen molar-refractivity contribution in [2.24, 2.45) is 13.0 Å². The molecule has 1 aliphatic carbocycles. The molecule has 0 saturated heterocycles. The fourth-order valence-corrected chi connectivity index (χ4v) is 6.93. The summed E-state index contributed by atoms with van der Waals surface area (Å²) in [7, 11) is 2.24. The van der Waals surface area contributed by atoms with Crippen molar-refractivity contribution in [3.05, 3.63) is 126 Å². The van der Waals surface area contributed by atoms with E-state index in [9.17, 15) is 0 Å². The molecule has 200 valence electrons. The van der Waals surface area contributed by atoms with E-state index < -0.39 is 0 Å². The van der Waals surface area contributed by atoms with Crippen LogP contribution in [0.4, 0.5) is 0 Å². The number of rotatable bonds is 3. The van der Waals surface area contributed by atoms with Crippen LogP contribution in [0.25, 0.3) is 66.7 Å². The lowest BCUT2D eigenvalue weighted by Gasteiger charge is -2.26. The molecule has 0 N–H and O–H groups in total. The van der Waals surface area contributed by atoms with E-state index in [2.05, 4.69) is 149 Å². The van der Waals surface area contributed by atoms with Crippen molar-refractivity contribution in [1.29, 1.82) is 0 Å². The van der Waals surface area contributed by atoms with Crippen LogP contribution in [0.2, 0.25) is 0 Å². The second kappa shape index (κ2) is 9.85. The van der Waals surface area contributed by atoms with Gasteiger partial charge in [-0.3, -0.25) is 0 Å². The van der Waals surface area contributed by atoms with E-state index in [4.69, 9.17) is 0 Å². The number of pyridine rings is 1. The number of aryl methyl sites for hydroxylation is 2. The van der Waals surface area contributed by atoms with Crippen molar-refractivity contribution in [3.63, 3.8) is 0 Å². The molecule has 0 spiro atoms. The van der Waals surface area contributed by atoms with Crippen LogP contribution in [0.5, 0.6) is 0 Å². The maximum atomic E-state index is 2.48. The molecule has 1 heterocycles. The molecule has 5 aromatic carbocycles. The van der Waals surface area contributed by atoms with Crippen molar-refractivity contribution in [2.45, 2.75) is 34.1 Å². The smallest absolute Gasteiger partial charge is 0.194 e. The van der Waals surface area contributed by atoms with E-state index in [1.54, 1.807) is 0 Å². The Labute approximate surface area is 243 Å². The zero-order chi connectivity index (χ0) is 28.2. The maximum absolute atomic E-state index is 2.48. The Balaban J connectivity index is 1.68. The Morgan fingerprint density at radius 2 is 1.05 bits per heavy atom. The number of aromatic nitrogens is 1. The van der Waals surface area contributed by atoms with Crippen molar-refractivity contribution in [2.75, 3.05) is 0 Å². The fraction of sp³-hybridized carbons (Fsp3) is 0.175. The Morgan fingerprint density at radius 1 is 0.561 bits per heavy atom. The second-order valence-corrected chi connectivity index (χ2v) is 12.0. The van der Waals surface area contributed by atoms with Crippen LogP contribution < -0.4 is 4.57 Å². The Kier molecular flexibility index (Phi) is 6.12. The first-order chi connectivity index (χ1) is 19.9. The molecule has 0 amide bonds. The van der Waals surface area contributed by atoms with E-state index in [0.717, 1.165) is 6.42 Å². The van der Waals surface area contributed by atoms with Gasteiger partial charge >= 0.3 is 0 Å². The molecule has 1 aromatic heterocycles. The molecule has 1 heteroatoms. The third-order valence-corrected chi connectivity index (χ3v) is 8.94. The molecule has 1 nitrogen and oxygen atoms in total. The van der Waals surface area contributed by atoms with Gasteiger partial charge in [0.2, 0.25) is 11.2 Å². The number of benzene rings is 5. The lowest BCUT2D eigenvalue weighted by atomic mass is 9.77. The number of para-hydroxylation sites is 1. The fourth-order valence-electron chi connectivity index (χ4n) is 6.93. The van der Waals surface area contributed by atoms with E-state index in [0.29, 0.717) is 5.92 Å². The summed E-state index contributed by atoms with van der Waals surface area (Å²) in [4.78, 5) is 0. The summed E-state index contributed by atoms with van der Waals surface area (Å²) in [6.07, 6.45) is 1.05. The zero-order valence-electron chi connectivity index (χ0n) is 24.6. The topological polar surface area (TPSA) is 3.88 Å². The molecule has 0 unspecified atom stereocenters. The second-order valence-electron chi connectivity index (χ2n) is 12.0. The molecule has 0 radical (unpaired) electrons. The third-order valence-electron chi connectivity index (χ3n) is 8.94. The van der Waals surface area contributed by atoms with E-state index in [-0.39, 0.29) is 0 Å². The Morgan fingerprint density at radius 3 is 1.63 bits per heavy atom. The van der Waals surface area contributed by atoms with Crippen LogP contribution in [-0.2, 0) is 13.5 Å². The molecule has 41 heavy (non-hydrogen) atoms. The normalized spacial score (nSPS) is 11.9. The van der Waals surface area contributed by atoms with Crippen LogP contribution in [-0.4, -0.2) is 0 Å². The van der Waals surface area contributed by atoms with Crippen LogP contribution in [0.1, 0.15) is 30.5 Å². The maximum Gasteiger partial charge on any atom is 0.213 e.